The molecular weight excluding hydrogens is 446 g/mol. The van der Waals surface area contributed by atoms with E-state index in [-0.39, 0.29) is 5.75 Å². The van der Waals surface area contributed by atoms with Gasteiger partial charge in [0.1, 0.15) is 9.84 Å². The molecule has 8 heteroatoms. The maximum atomic E-state index is 11.5. The molecular formula is C26H33N5O2S. The normalized spacial score (nSPS) is 16.3. The number of fused-ring (bicyclic) bond motifs is 2. The summed E-state index contributed by atoms with van der Waals surface area (Å²) in [5.41, 5.74) is 8.16. The van der Waals surface area contributed by atoms with Crippen LogP contribution in [0.4, 0.5) is 0 Å². The third-order valence-electron chi connectivity index (χ3n) is 7.16. The molecule has 0 unspecified atom stereocenters. The monoisotopic (exact) mass is 479 g/mol. The largest absolute Gasteiger partial charge is 0.354 e. The maximum Gasteiger partial charge on any atom is 0.148 e. The Morgan fingerprint density at radius 1 is 1.15 bits per heavy atom. The molecule has 1 saturated heterocycles. The number of piperidine rings is 1. The lowest BCUT2D eigenvalue weighted by Gasteiger charge is -2.32. The zero-order valence-corrected chi connectivity index (χ0v) is 21.2. The van der Waals surface area contributed by atoms with Gasteiger partial charge in [0.25, 0.3) is 0 Å². The van der Waals surface area contributed by atoms with Crippen LogP contribution in [0.1, 0.15) is 55.3 Å². The molecule has 5 rings (SSSR count). The van der Waals surface area contributed by atoms with Crippen molar-refractivity contribution in [3.8, 4) is 11.3 Å². The molecule has 0 bridgehead atoms. The minimum atomic E-state index is -2.91. The van der Waals surface area contributed by atoms with E-state index in [1.54, 1.807) is 0 Å². The fraction of sp³-hybridized carbons (Fsp3) is 0.462. The van der Waals surface area contributed by atoms with Gasteiger partial charge in [0.05, 0.1) is 22.7 Å². The molecule has 0 saturated carbocycles. The molecule has 1 fully saturated rings. The Morgan fingerprint density at radius 2 is 1.91 bits per heavy atom. The summed E-state index contributed by atoms with van der Waals surface area (Å²) in [4.78, 5) is 5.98. The van der Waals surface area contributed by atoms with E-state index in [1.165, 1.54) is 28.5 Å². The summed E-state index contributed by atoms with van der Waals surface area (Å²) in [6.45, 7) is 9.03. The number of hydrogen-bond acceptors (Lipinski definition) is 5. The van der Waals surface area contributed by atoms with Gasteiger partial charge in [-0.2, -0.15) is 0 Å². The van der Waals surface area contributed by atoms with Crippen molar-refractivity contribution in [1.29, 1.82) is 0 Å². The highest BCUT2D eigenvalue weighted by Gasteiger charge is 2.23. The number of aryl methyl sites for hydroxylation is 1. The third kappa shape index (κ3) is 4.49. The van der Waals surface area contributed by atoms with E-state index in [2.05, 4.69) is 64.4 Å². The second kappa shape index (κ2) is 8.82. The quantitative estimate of drug-likeness (QED) is 0.439. The topological polar surface area (TPSA) is 83.4 Å². The lowest BCUT2D eigenvalue weighted by atomic mass is 9.87. The summed E-state index contributed by atoms with van der Waals surface area (Å²) in [6.07, 6.45) is 5.42. The average molecular weight is 480 g/mol. The van der Waals surface area contributed by atoms with Crippen LogP contribution >= 0.6 is 0 Å². The number of sulfone groups is 1. The minimum Gasteiger partial charge on any atom is -0.354 e. The van der Waals surface area contributed by atoms with E-state index in [0.717, 1.165) is 48.2 Å². The zero-order valence-electron chi connectivity index (χ0n) is 20.4. The van der Waals surface area contributed by atoms with Gasteiger partial charge >= 0.3 is 0 Å². The van der Waals surface area contributed by atoms with Gasteiger partial charge in [-0.25, -0.2) is 12.9 Å². The van der Waals surface area contributed by atoms with Gasteiger partial charge in [-0.05, 0) is 80.1 Å². The van der Waals surface area contributed by atoms with Gasteiger partial charge in [0.2, 0.25) is 0 Å². The number of nitrogens with one attached hydrogen (secondary N) is 1. The highest BCUT2D eigenvalue weighted by Crippen LogP contribution is 2.38. The third-order valence-corrected chi connectivity index (χ3v) is 8.09. The van der Waals surface area contributed by atoms with Crippen molar-refractivity contribution in [3.63, 3.8) is 0 Å². The fourth-order valence-corrected chi connectivity index (χ4v) is 5.85. The Kier molecular flexibility index (Phi) is 5.98. The molecule has 4 heterocycles. The van der Waals surface area contributed by atoms with Gasteiger partial charge < -0.3 is 9.88 Å². The van der Waals surface area contributed by atoms with Crippen molar-refractivity contribution in [2.24, 2.45) is 0 Å². The van der Waals surface area contributed by atoms with Crippen LogP contribution in [0.2, 0.25) is 0 Å². The number of nitrogens with zero attached hydrogens (tertiary/aromatic N) is 4. The van der Waals surface area contributed by atoms with Crippen LogP contribution in [0.5, 0.6) is 0 Å². The highest BCUT2D eigenvalue weighted by atomic mass is 32.2. The van der Waals surface area contributed by atoms with Crippen molar-refractivity contribution in [2.75, 3.05) is 31.6 Å². The average Bonchev–Trinajstić information content (AvgIpc) is 3.37. The first-order chi connectivity index (χ1) is 16.2. The summed E-state index contributed by atoms with van der Waals surface area (Å²) in [5.74, 6) is 1.13. The van der Waals surface area contributed by atoms with Crippen LogP contribution in [0.25, 0.3) is 27.7 Å². The van der Waals surface area contributed by atoms with Crippen LogP contribution in [0.15, 0.2) is 36.5 Å². The first kappa shape index (κ1) is 23.1. The molecule has 4 aromatic rings. The number of benzene rings is 1. The molecule has 34 heavy (non-hydrogen) atoms. The minimum absolute atomic E-state index is 0.244. The number of H-pyrrole nitrogens is 1. The molecule has 1 aliphatic heterocycles. The molecule has 0 aliphatic carbocycles. The number of aromatic amines is 1. The molecule has 0 atom stereocenters. The fourth-order valence-electron chi connectivity index (χ4n) is 5.26. The Bertz CT molecular complexity index is 1440. The van der Waals surface area contributed by atoms with Gasteiger partial charge in [-0.3, -0.25) is 0 Å². The van der Waals surface area contributed by atoms with E-state index in [4.69, 9.17) is 0 Å². The van der Waals surface area contributed by atoms with Crippen molar-refractivity contribution in [2.45, 2.75) is 45.4 Å². The van der Waals surface area contributed by atoms with Crippen molar-refractivity contribution < 1.29 is 8.42 Å². The summed E-state index contributed by atoms with van der Waals surface area (Å²) >= 11 is 0. The lowest BCUT2D eigenvalue weighted by molar-refractivity contribution is 0.223. The highest BCUT2D eigenvalue weighted by molar-refractivity contribution is 7.90. The molecule has 3 aromatic heterocycles. The molecule has 0 amide bonds. The number of rotatable bonds is 6. The number of aromatic nitrogens is 4. The van der Waals surface area contributed by atoms with Gasteiger partial charge in [0, 0.05) is 35.5 Å². The number of likely N-dealkylation sites (tertiary alicyclic amines) is 1. The van der Waals surface area contributed by atoms with Crippen LogP contribution in [-0.4, -0.2) is 64.8 Å². The Balaban J connectivity index is 1.44. The van der Waals surface area contributed by atoms with E-state index in [1.807, 2.05) is 17.6 Å². The number of hydrogen-bond donors (Lipinski definition) is 1. The van der Waals surface area contributed by atoms with Gasteiger partial charge in [0.15, 0.2) is 0 Å². The Hall–Kier alpha value is -2.71. The molecule has 0 spiro atoms. The predicted molar refractivity (Wildman–Crippen MR) is 137 cm³/mol. The first-order valence-electron chi connectivity index (χ1n) is 12.1. The lowest BCUT2D eigenvalue weighted by Crippen LogP contribution is -2.36. The molecule has 7 nitrogen and oxygen atoms in total. The molecule has 180 valence electrons. The Labute approximate surface area is 201 Å². The number of pyridine rings is 1. The molecule has 0 radical (unpaired) electrons. The summed E-state index contributed by atoms with van der Waals surface area (Å²) < 4.78 is 24.8. The first-order valence-corrected chi connectivity index (χ1v) is 14.1. The van der Waals surface area contributed by atoms with E-state index in [0.29, 0.717) is 18.4 Å². The Morgan fingerprint density at radius 3 is 2.62 bits per heavy atom. The van der Waals surface area contributed by atoms with Crippen molar-refractivity contribution >= 4 is 26.3 Å². The van der Waals surface area contributed by atoms with E-state index in [9.17, 15) is 8.42 Å². The predicted octanol–water partition coefficient (Wildman–Crippen LogP) is 4.53. The van der Waals surface area contributed by atoms with E-state index >= 15 is 0 Å². The van der Waals surface area contributed by atoms with Crippen LogP contribution in [0, 0.1) is 6.92 Å². The SMILES string of the molecule is Cc1nnn2ccc(-c3[nH]c4ccc(C5CCN(CCS(C)(=O)=O)CC5)cc4c3C(C)C)cc12. The van der Waals surface area contributed by atoms with Crippen LogP contribution in [0.3, 0.4) is 0 Å². The molecule has 1 aliphatic rings. The van der Waals surface area contributed by atoms with Gasteiger partial charge in [-0.15, -0.1) is 5.10 Å². The second-order valence-electron chi connectivity index (χ2n) is 10.0. The van der Waals surface area contributed by atoms with E-state index < -0.39 is 9.84 Å². The summed E-state index contributed by atoms with van der Waals surface area (Å²) in [5, 5.41) is 9.66. The zero-order chi connectivity index (χ0) is 24.0. The second-order valence-corrected chi connectivity index (χ2v) is 12.3. The summed E-state index contributed by atoms with van der Waals surface area (Å²) in [7, 11) is -2.91. The van der Waals surface area contributed by atoms with Crippen LogP contribution < -0.4 is 0 Å². The van der Waals surface area contributed by atoms with Crippen molar-refractivity contribution in [1.82, 2.24) is 24.7 Å². The van der Waals surface area contributed by atoms with Crippen LogP contribution in [-0.2, 0) is 9.84 Å². The molecule has 1 N–H and O–H groups in total. The smallest absolute Gasteiger partial charge is 0.148 e. The van der Waals surface area contributed by atoms with Crippen molar-refractivity contribution in [3.05, 3.63) is 53.3 Å². The summed E-state index contributed by atoms with van der Waals surface area (Å²) in [6, 6.07) is 11.1. The molecule has 1 aromatic carbocycles. The standard InChI is InChI=1S/C26H33N5O2S/c1-17(2)25-22-15-20(19-7-10-30(11-8-19)13-14-34(4,32)33)5-6-23(22)27-26(25)21-9-12-31-24(16-21)18(3)28-29-31/h5-6,9,12,15-17,19,27H,7-8,10-11,13-14H2,1-4H3. The van der Waals surface area contributed by atoms with Gasteiger partial charge in [-0.1, -0.05) is 25.1 Å². The maximum absolute atomic E-state index is 11.5.